The Bertz CT molecular complexity index is 6870. The SMILES string of the molecule is Brc1ccc(-c2c3ccccc3c(-c3ccccc3)c3ccccc23)cc1.c1ccc(-c2c3ccccc3c(-c3ccc(-n4c5ccccc5c5cc(-c6cccc7c6sc6ccccc67)ccc54)cc3)c3ccccc23)cc1.c1ccc2c(c1)Cc1ccc(-c3cccc4c3sc3ccccc34)cc1-2. The Hall–Kier alpha value is -12.3. The number of para-hydroxylation sites is 1. The molecular weight excluding hydrogens is 1370 g/mol. The van der Waals surface area contributed by atoms with Crippen LogP contribution < -0.4 is 0 Å². The molecule has 0 amide bonds. The highest BCUT2D eigenvalue weighted by molar-refractivity contribution is 9.10. The number of rotatable bonds is 7. The molecule has 3 aromatic heterocycles. The average molecular weight is 1440 g/mol. The maximum atomic E-state index is 3.56. The van der Waals surface area contributed by atoms with E-state index in [4.69, 9.17) is 0 Å². The molecular formula is C101H64BrNS2. The fraction of sp³-hybridized carbons (Fsp3) is 0.00990. The van der Waals surface area contributed by atoms with Gasteiger partial charge in [0.15, 0.2) is 0 Å². The van der Waals surface area contributed by atoms with Gasteiger partial charge < -0.3 is 4.57 Å². The molecule has 0 atom stereocenters. The van der Waals surface area contributed by atoms with Gasteiger partial charge in [-0.15, -0.1) is 22.7 Å². The van der Waals surface area contributed by atoms with Crippen molar-refractivity contribution in [3.05, 3.63) is 392 Å². The van der Waals surface area contributed by atoms with Crippen molar-refractivity contribution in [3.63, 3.8) is 0 Å². The molecule has 0 radical (unpaired) electrons. The first-order valence-electron chi connectivity index (χ1n) is 35.9. The zero-order valence-corrected chi connectivity index (χ0v) is 60.4. The minimum atomic E-state index is 1.05. The van der Waals surface area contributed by atoms with Gasteiger partial charge >= 0.3 is 0 Å². The number of nitrogens with zero attached hydrogens (tertiary/aromatic N) is 1. The van der Waals surface area contributed by atoms with E-state index in [9.17, 15) is 0 Å². The number of hydrogen-bond acceptors (Lipinski definition) is 2. The van der Waals surface area contributed by atoms with E-state index >= 15 is 0 Å². The highest BCUT2D eigenvalue weighted by atomic mass is 79.9. The summed E-state index contributed by atoms with van der Waals surface area (Å²) in [6.45, 7) is 0. The molecule has 0 aliphatic heterocycles. The lowest BCUT2D eigenvalue weighted by Crippen LogP contribution is -1.94. The minimum absolute atomic E-state index is 1.05. The summed E-state index contributed by atoms with van der Waals surface area (Å²) in [5, 5.41) is 18.2. The van der Waals surface area contributed by atoms with E-state index in [1.165, 1.54) is 194 Å². The zero-order valence-electron chi connectivity index (χ0n) is 57.1. The van der Waals surface area contributed by atoms with E-state index in [1.807, 2.05) is 22.7 Å². The fourth-order valence-corrected chi connectivity index (χ4v) is 19.5. The van der Waals surface area contributed by atoms with Gasteiger partial charge in [0.25, 0.3) is 0 Å². The fourth-order valence-electron chi connectivity index (χ4n) is 16.8. The molecule has 0 saturated heterocycles. The lowest BCUT2D eigenvalue weighted by Gasteiger charge is -2.18. The van der Waals surface area contributed by atoms with Crippen LogP contribution in [0.5, 0.6) is 0 Å². The van der Waals surface area contributed by atoms with Crippen LogP contribution in [0.1, 0.15) is 11.1 Å². The third-order valence-electron chi connectivity index (χ3n) is 21.4. The maximum absolute atomic E-state index is 3.56. The number of halogens is 1. The molecule has 0 spiro atoms. The van der Waals surface area contributed by atoms with Crippen LogP contribution in [0.2, 0.25) is 0 Å². The second-order valence-corrected chi connectivity index (χ2v) is 30.3. The van der Waals surface area contributed by atoms with Gasteiger partial charge in [-0.1, -0.05) is 331 Å². The summed E-state index contributed by atoms with van der Waals surface area (Å²) < 4.78 is 8.95. The molecule has 21 aromatic rings. The number of benzene rings is 18. The van der Waals surface area contributed by atoms with Gasteiger partial charge in [-0.25, -0.2) is 0 Å². The molecule has 492 valence electrons. The molecule has 1 aliphatic carbocycles. The van der Waals surface area contributed by atoms with E-state index in [0.717, 1.165) is 16.6 Å². The largest absolute Gasteiger partial charge is 0.309 e. The Morgan fingerprint density at radius 2 is 0.562 bits per heavy atom. The van der Waals surface area contributed by atoms with Crippen molar-refractivity contribution < 1.29 is 0 Å². The van der Waals surface area contributed by atoms with E-state index < -0.39 is 0 Å². The van der Waals surface area contributed by atoms with Crippen molar-refractivity contribution in [2.24, 2.45) is 0 Å². The van der Waals surface area contributed by atoms with Crippen molar-refractivity contribution in [2.75, 3.05) is 0 Å². The lowest BCUT2D eigenvalue weighted by molar-refractivity contribution is 1.18. The maximum Gasteiger partial charge on any atom is 0.0541 e. The molecule has 4 heteroatoms. The van der Waals surface area contributed by atoms with Crippen molar-refractivity contribution in [3.8, 4) is 83.6 Å². The number of hydrogen-bond donors (Lipinski definition) is 0. The average Bonchev–Trinajstić information content (AvgIpc) is 1.25. The molecule has 0 bridgehead atoms. The van der Waals surface area contributed by atoms with Crippen LogP contribution in [-0.4, -0.2) is 4.57 Å². The molecule has 105 heavy (non-hydrogen) atoms. The Balaban J connectivity index is 0.000000116. The van der Waals surface area contributed by atoms with Crippen LogP contribution in [0.15, 0.2) is 381 Å². The smallest absolute Gasteiger partial charge is 0.0541 e. The highest BCUT2D eigenvalue weighted by Gasteiger charge is 2.23. The summed E-state index contributed by atoms with van der Waals surface area (Å²) in [5.74, 6) is 0. The molecule has 1 nitrogen and oxygen atoms in total. The zero-order chi connectivity index (χ0) is 69.5. The molecule has 3 heterocycles. The van der Waals surface area contributed by atoms with Gasteiger partial charge in [-0.05, 0) is 199 Å². The molecule has 18 aromatic carbocycles. The Morgan fingerprint density at radius 1 is 0.219 bits per heavy atom. The number of aromatic nitrogens is 1. The Morgan fingerprint density at radius 3 is 1.06 bits per heavy atom. The third-order valence-corrected chi connectivity index (χ3v) is 24.4. The quantitative estimate of drug-likeness (QED) is 0.140. The van der Waals surface area contributed by atoms with Gasteiger partial charge in [0.2, 0.25) is 0 Å². The molecule has 0 fully saturated rings. The molecule has 0 unspecified atom stereocenters. The van der Waals surface area contributed by atoms with Crippen molar-refractivity contribution in [1.29, 1.82) is 0 Å². The van der Waals surface area contributed by atoms with Crippen LogP contribution >= 0.6 is 38.6 Å². The molecule has 0 saturated carbocycles. The Labute approximate surface area is 625 Å². The second kappa shape index (κ2) is 26.2. The summed E-state index contributed by atoms with van der Waals surface area (Å²) in [5.41, 5.74) is 24.6. The molecule has 0 N–H and O–H groups in total. The summed E-state index contributed by atoms with van der Waals surface area (Å²) in [6.07, 6.45) is 1.05. The minimum Gasteiger partial charge on any atom is -0.309 e. The van der Waals surface area contributed by atoms with Crippen LogP contribution in [0.3, 0.4) is 0 Å². The van der Waals surface area contributed by atoms with E-state index in [0.29, 0.717) is 0 Å². The first-order chi connectivity index (χ1) is 52.0. The van der Waals surface area contributed by atoms with E-state index in [2.05, 4.69) is 397 Å². The van der Waals surface area contributed by atoms with Gasteiger partial charge in [0.05, 0.1) is 11.0 Å². The van der Waals surface area contributed by atoms with Crippen LogP contribution in [0.4, 0.5) is 0 Å². The lowest BCUT2D eigenvalue weighted by atomic mass is 9.86. The second-order valence-electron chi connectivity index (χ2n) is 27.3. The van der Waals surface area contributed by atoms with Gasteiger partial charge in [0.1, 0.15) is 0 Å². The van der Waals surface area contributed by atoms with Gasteiger partial charge in [0, 0.05) is 61.3 Å². The van der Waals surface area contributed by atoms with Crippen LogP contribution in [0, 0.1) is 0 Å². The molecule has 1 aliphatic rings. The predicted molar refractivity (Wildman–Crippen MR) is 458 cm³/mol. The van der Waals surface area contributed by atoms with Crippen molar-refractivity contribution >= 4 is 144 Å². The van der Waals surface area contributed by atoms with E-state index in [1.54, 1.807) is 0 Å². The van der Waals surface area contributed by atoms with Gasteiger partial charge in [-0.2, -0.15) is 0 Å². The van der Waals surface area contributed by atoms with Crippen molar-refractivity contribution in [2.45, 2.75) is 6.42 Å². The standard InChI is InChI=1S/C50H31NS.C26H17Br.C25H16S/c1-2-13-32(14-3-1)48-39-17-4-6-19-41(39)49(42-20-7-5-18-40(42)48)33-25-28-35(29-26-33)51-45-23-10-8-15-37(45)44-31-34(27-30-46(44)51)36-21-12-22-43-38-16-9-11-24-47(38)52-50(36)43;27-20-16-14-19(15-17-20)26-23-12-6-4-10-21(23)25(18-8-2-1-3-9-18)22-11-5-7-13-24(22)26;1-2-7-19-16(6-1)14-17-12-13-18(15-23(17)19)20-9-5-10-22-21-8-3-4-11-24(21)26-25(20)22/h1-31H;1-17H;1-13,15H,14H2. The molecule has 22 rings (SSSR count). The van der Waals surface area contributed by atoms with Crippen LogP contribution in [0.25, 0.3) is 189 Å². The monoisotopic (exact) mass is 1430 g/mol. The summed E-state index contributed by atoms with van der Waals surface area (Å²) >= 11 is 7.35. The van der Waals surface area contributed by atoms with Crippen LogP contribution in [-0.2, 0) is 6.42 Å². The van der Waals surface area contributed by atoms with Gasteiger partial charge in [-0.3, -0.25) is 0 Å². The summed E-state index contributed by atoms with van der Waals surface area (Å²) in [6, 6.07) is 137. The summed E-state index contributed by atoms with van der Waals surface area (Å²) in [4.78, 5) is 0. The van der Waals surface area contributed by atoms with Crippen molar-refractivity contribution in [1.82, 2.24) is 4.57 Å². The summed E-state index contributed by atoms with van der Waals surface area (Å²) in [7, 11) is 0. The van der Waals surface area contributed by atoms with E-state index in [-0.39, 0.29) is 0 Å². The first kappa shape index (κ1) is 62.5. The topological polar surface area (TPSA) is 4.93 Å². The first-order valence-corrected chi connectivity index (χ1v) is 38.4. The number of fused-ring (bicyclic) bond motifs is 16. The Kier molecular flexibility index (Phi) is 15.6. The highest BCUT2D eigenvalue weighted by Crippen LogP contribution is 2.49. The predicted octanol–water partition coefficient (Wildman–Crippen LogP) is 29.8. The third kappa shape index (κ3) is 10.8. The number of thiophene rings is 2. The normalized spacial score (nSPS) is 11.8.